The smallest absolute Gasteiger partial charge is 0.276 e. The van der Waals surface area contributed by atoms with Crippen LogP contribution in [0.15, 0.2) is 43.8 Å². The van der Waals surface area contributed by atoms with Gasteiger partial charge in [0.05, 0.1) is 15.9 Å². The van der Waals surface area contributed by atoms with Crippen LogP contribution < -0.4 is 11.3 Å². The Labute approximate surface area is 141 Å². The maximum atomic E-state index is 12.2. The minimum atomic E-state index is -3.16. The third-order valence-corrected chi connectivity index (χ3v) is 4.08. The lowest BCUT2D eigenvalue weighted by atomic mass is 10.4. The van der Waals surface area contributed by atoms with E-state index in [2.05, 4.69) is 25.9 Å². The topological polar surface area (TPSA) is 107 Å². The van der Waals surface area contributed by atoms with E-state index in [-0.39, 0.29) is 23.8 Å². The summed E-state index contributed by atoms with van der Waals surface area (Å²) in [4.78, 5) is 19.8. The first-order chi connectivity index (χ1) is 10.2. The highest BCUT2D eigenvalue weighted by atomic mass is 79.9. The summed E-state index contributed by atoms with van der Waals surface area (Å²) in [5, 5.41) is 0. The standard InChI is InChI=1S/C12H14BrClN4O3S/c1-22(20,21)6-5-18-4-2-3-10(12(18)19)17-11(15)9(13)7-16-8-14/h2-4,7-8H,5-6H2,1H3,(H2,15,17). The van der Waals surface area contributed by atoms with Gasteiger partial charge in [0.1, 0.15) is 21.4 Å². The summed E-state index contributed by atoms with van der Waals surface area (Å²) in [5.41, 5.74) is 6.43. The molecule has 120 valence electrons. The number of hydrogen-bond acceptors (Lipinski definition) is 5. The van der Waals surface area contributed by atoms with Gasteiger partial charge in [-0.05, 0) is 28.1 Å². The Hall–Kier alpha value is -1.45. The third-order valence-electron chi connectivity index (χ3n) is 2.43. The maximum absolute atomic E-state index is 12.2. The van der Waals surface area contributed by atoms with Crippen LogP contribution in [0.4, 0.5) is 5.69 Å². The number of rotatable bonds is 6. The molecule has 0 saturated heterocycles. The molecular weight excluding hydrogens is 396 g/mol. The molecule has 0 aromatic carbocycles. The molecule has 0 bridgehead atoms. The molecule has 0 spiro atoms. The van der Waals surface area contributed by atoms with Crippen LogP contribution in [0.1, 0.15) is 0 Å². The van der Waals surface area contributed by atoms with Crippen LogP contribution >= 0.6 is 27.5 Å². The lowest BCUT2D eigenvalue weighted by molar-refractivity contribution is 0.593. The summed E-state index contributed by atoms with van der Waals surface area (Å²) in [6.45, 7) is 0.0501. The minimum absolute atomic E-state index is 0.0419. The minimum Gasteiger partial charge on any atom is -0.383 e. The molecule has 0 unspecified atom stereocenters. The highest BCUT2D eigenvalue weighted by Crippen LogP contribution is 2.10. The van der Waals surface area contributed by atoms with Crippen LogP contribution in [0.3, 0.4) is 0 Å². The molecule has 0 amide bonds. The van der Waals surface area contributed by atoms with Gasteiger partial charge in [0.25, 0.3) is 5.56 Å². The third kappa shape index (κ3) is 6.12. The Bertz CT molecular complexity index is 784. The molecule has 0 radical (unpaired) electrons. The van der Waals surface area contributed by atoms with Gasteiger partial charge in [0.15, 0.2) is 0 Å². The van der Waals surface area contributed by atoms with E-state index in [9.17, 15) is 13.2 Å². The lowest BCUT2D eigenvalue weighted by Gasteiger charge is -2.05. The van der Waals surface area contributed by atoms with Crippen molar-refractivity contribution < 1.29 is 8.42 Å². The fourth-order valence-electron chi connectivity index (χ4n) is 1.39. The second kappa shape index (κ2) is 8.25. The van der Waals surface area contributed by atoms with Crippen LogP contribution in [-0.2, 0) is 16.4 Å². The fourth-order valence-corrected chi connectivity index (χ4v) is 2.18. The van der Waals surface area contributed by atoms with Crippen LogP contribution in [0.5, 0.6) is 0 Å². The molecule has 22 heavy (non-hydrogen) atoms. The quantitative estimate of drug-likeness (QED) is 0.566. The van der Waals surface area contributed by atoms with Gasteiger partial charge < -0.3 is 10.3 Å². The molecule has 0 fully saturated rings. The summed E-state index contributed by atoms with van der Waals surface area (Å²) < 4.78 is 24.0. The first-order valence-corrected chi connectivity index (χ1v) is 9.23. The monoisotopic (exact) mass is 408 g/mol. The highest BCUT2D eigenvalue weighted by Gasteiger charge is 2.07. The Morgan fingerprint density at radius 2 is 2.23 bits per heavy atom. The van der Waals surface area contributed by atoms with E-state index in [0.29, 0.717) is 4.48 Å². The van der Waals surface area contributed by atoms with E-state index in [0.717, 1.165) is 11.9 Å². The number of aliphatic imine (C=N–C) groups is 2. The SMILES string of the molecule is CS(=O)(=O)CCn1cccc(N=C(N)C(Br)=CN=CCl)c1=O. The van der Waals surface area contributed by atoms with E-state index in [1.807, 2.05) is 0 Å². The van der Waals surface area contributed by atoms with Crippen molar-refractivity contribution in [2.45, 2.75) is 6.54 Å². The molecule has 0 aliphatic rings. The average molecular weight is 410 g/mol. The van der Waals surface area contributed by atoms with Crippen molar-refractivity contribution >= 4 is 54.6 Å². The van der Waals surface area contributed by atoms with E-state index >= 15 is 0 Å². The normalized spacial score (nSPS) is 13.8. The number of amidine groups is 1. The zero-order chi connectivity index (χ0) is 16.8. The van der Waals surface area contributed by atoms with E-state index in [1.54, 1.807) is 6.07 Å². The van der Waals surface area contributed by atoms with E-state index in [1.165, 1.54) is 23.0 Å². The first kappa shape index (κ1) is 18.6. The summed E-state index contributed by atoms with van der Waals surface area (Å²) in [6.07, 6.45) is 3.93. The Kier molecular flexibility index (Phi) is 6.98. The van der Waals surface area contributed by atoms with Gasteiger partial charge in [0, 0.05) is 25.2 Å². The van der Waals surface area contributed by atoms with Crippen LogP contribution in [0.25, 0.3) is 0 Å². The van der Waals surface area contributed by atoms with Gasteiger partial charge in [0.2, 0.25) is 0 Å². The molecule has 1 aromatic heterocycles. The number of nitrogens with zero attached hydrogens (tertiary/aromatic N) is 3. The molecule has 0 atom stereocenters. The average Bonchev–Trinajstić information content (AvgIpc) is 2.44. The summed E-state index contributed by atoms with van der Waals surface area (Å²) in [5.74, 6) is -0.0934. The molecule has 2 N–H and O–H groups in total. The van der Waals surface area contributed by atoms with Crippen molar-refractivity contribution in [2.75, 3.05) is 12.0 Å². The van der Waals surface area contributed by atoms with Crippen molar-refractivity contribution in [2.24, 2.45) is 15.7 Å². The Morgan fingerprint density at radius 3 is 2.82 bits per heavy atom. The number of nitrogens with two attached hydrogens (primary N) is 1. The Balaban J connectivity index is 3.10. The number of hydrogen-bond donors (Lipinski definition) is 1. The van der Waals surface area contributed by atoms with Gasteiger partial charge in [-0.2, -0.15) is 0 Å². The second-order valence-electron chi connectivity index (χ2n) is 4.24. The van der Waals surface area contributed by atoms with Gasteiger partial charge in [-0.25, -0.2) is 13.4 Å². The molecule has 1 aromatic rings. The van der Waals surface area contributed by atoms with Gasteiger partial charge in [-0.1, -0.05) is 11.6 Å². The number of pyridine rings is 1. The molecule has 10 heteroatoms. The number of sulfone groups is 1. The number of aryl methyl sites for hydroxylation is 1. The van der Waals surface area contributed by atoms with E-state index < -0.39 is 15.4 Å². The molecule has 1 heterocycles. The van der Waals surface area contributed by atoms with Gasteiger partial charge >= 0.3 is 0 Å². The molecule has 0 aliphatic heterocycles. The van der Waals surface area contributed by atoms with E-state index in [4.69, 9.17) is 17.3 Å². The molecular formula is C12H14BrClN4O3S. The summed E-state index contributed by atoms with van der Waals surface area (Å²) in [7, 11) is -3.16. The van der Waals surface area contributed by atoms with Crippen molar-refractivity contribution in [1.82, 2.24) is 4.57 Å². The van der Waals surface area contributed by atoms with Gasteiger partial charge in [-0.15, -0.1) is 0 Å². The first-order valence-electron chi connectivity index (χ1n) is 5.94. The maximum Gasteiger partial charge on any atom is 0.276 e. The fraction of sp³-hybridized carbons (Fsp3) is 0.250. The van der Waals surface area contributed by atoms with Crippen molar-refractivity contribution in [3.63, 3.8) is 0 Å². The van der Waals surface area contributed by atoms with Crippen LogP contribution in [-0.4, -0.2) is 36.5 Å². The molecule has 1 rings (SSSR count). The van der Waals surface area contributed by atoms with Crippen molar-refractivity contribution in [1.29, 1.82) is 0 Å². The zero-order valence-corrected chi connectivity index (χ0v) is 14.8. The van der Waals surface area contributed by atoms with Crippen LogP contribution in [0.2, 0.25) is 0 Å². The number of halogens is 2. The zero-order valence-electron chi connectivity index (χ0n) is 11.6. The van der Waals surface area contributed by atoms with Crippen molar-refractivity contribution in [3.05, 3.63) is 39.4 Å². The Morgan fingerprint density at radius 1 is 1.55 bits per heavy atom. The summed E-state index contributed by atoms with van der Waals surface area (Å²) >= 11 is 8.43. The second-order valence-corrected chi connectivity index (χ2v) is 7.55. The number of aromatic nitrogens is 1. The van der Waals surface area contributed by atoms with Crippen LogP contribution in [0, 0.1) is 0 Å². The predicted molar refractivity (Wildman–Crippen MR) is 93.1 cm³/mol. The molecule has 0 saturated carbocycles. The predicted octanol–water partition coefficient (Wildman–Crippen LogP) is 1.38. The highest BCUT2D eigenvalue weighted by molar-refractivity contribution is 9.12. The summed E-state index contributed by atoms with van der Waals surface area (Å²) in [6, 6.07) is 3.07. The lowest BCUT2D eigenvalue weighted by Crippen LogP contribution is -2.23. The van der Waals surface area contributed by atoms with Crippen molar-refractivity contribution in [3.8, 4) is 0 Å². The van der Waals surface area contributed by atoms with Gasteiger partial charge in [-0.3, -0.25) is 9.79 Å². The largest absolute Gasteiger partial charge is 0.383 e. The molecule has 0 aliphatic carbocycles. The molecule has 7 nitrogen and oxygen atoms in total.